The summed E-state index contributed by atoms with van der Waals surface area (Å²) in [6.45, 7) is 3.98. The normalized spacial score (nSPS) is 10.7. The lowest BCUT2D eigenvalue weighted by Gasteiger charge is -2.12. The largest absolute Gasteiger partial charge is 0.490 e. The summed E-state index contributed by atoms with van der Waals surface area (Å²) in [5.41, 5.74) is 1.85. The summed E-state index contributed by atoms with van der Waals surface area (Å²) in [7, 11) is 0. The van der Waals surface area contributed by atoms with Crippen molar-refractivity contribution in [3.8, 4) is 17.6 Å². The molecule has 0 aliphatic heterocycles. The van der Waals surface area contributed by atoms with Crippen LogP contribution in [0.5, 0.6) is 11.5 Å². The molecule has 176 valence electrons. The van der Waals surface area contributed by atoms with Gasteiger partial charge in [-0.25, -0.2) is 4.79 Å². The Hall–Kier alpha value is -4.97. The molecule has 1 amide bonds. The highest BCUT2D eigenvalue weighted by Gasteiger charge is 2.15. The van der Waals surface area contributed by atoms with Gasteiger partial charge in [0, 0.05) is 17.8 Å². The highest BCUT2D eigenvalue weighted by molar-refractivity contribution is 6.09. The van der Waals surface area contributed by atoms with Crippen LogP contribution in [0.3, 0.4) is 0 Å². The Morgan fingerprint density at radius 2 is 1.74 bits per heavy atom. The van der Waals surface area contributed by atoms with Crippen LogP contribution < -0.4 is 14.8 Å². The third kappa shape index (κ3) is 6.52. The molecule has 0 spiro atoms. The lowest BCUT2D eigenvalue weighted by molar-refractivity contribution is -0.384. The molecular weight excluding hydrogens is 450 g/mol. The van der Waals surface area contributed by atoms with Crippen molar-refractivity contribution in [3.63, 3.8) is 0 Å². The Kier molecular flexibility index (Phi) is 7.93. The van der Waals surface area contributed by atoms with Gasteiger partial charge in [0.2, 0.25) is 0 Å². The summed E-state index contributed by atoms with van der Waals surface area (Å²) in [5, 5.41) is 22.8. The summed E-state index contributed by atoms with van der Waals surface area (Å²) in [5.74, 6) is -0.762. The number of esters is 1. The maximum atomic E-state index is 12.5. The molecule has 3 aromatic rings. The minimum atomic E-state index is -0.686. The fourth-order valence-electron chi connectivity index (χ4n) is 3.00. The molecule has 0 aliphatic rings. The Labute approximate surface area is 201 Å². The van der Waals surface area contributed by atoms with E-state index in [9.17, 15) is 25.0 Å². The number of nitro benzene ring substituents is 1. The molecule has 0 radical (unpaired) electrons. The lowest BCUT2D eigenvalue weighted by Crippen LogP contribution is -2.13. The Morgan fingerprint density at radius 1 is 1.06 bits per heavy atom. The van der Waals surface area contributed by atoms with Gasteiger partial charge in [0.05, 0.1) is 17.1 Å². The second kappa shape index (κ2) is 11.2. The number of carbonyl (C=O) groups is 2. The average Bonchev–Trinajstić information content (AvgIpc) is 2.84. The maximum Gasteiger partial charge on any atom is 0.343 e. The molecule has 0 aromatic heterocycles. The van der Waals surface area contributed by atoms with E-state index in [0.717, 1.165) is 5.56 Å². The number of non-ortho nitro benzene ring substituents is 1. The van der Waals surface area contributed by atoms with Crippen LogP contribution in [-0.2, 0) is 4.79 Å². The Bertz CT molecular complexity index is 1320. The third-order valence-corrected chi connectivity index (χ3v) is 4.77. The van der Waals surface area contributed by atoms with Crippen LogP contribution in [-0.4, -0.2) is 23.4 Å². The van der Waals surface area contributed by atoms with Gasteiger partial charge in [-0.3, -0.25) is 14.9 Å². The molecular formula is C26H21N3O6. The average molecular weight is 471 g/mol. The van der Waals surface area contributed by atoms with Crippen LogP contribution in [0.4, 0.5) is 11.4 Å². The van der Waals surface area contributed by atoms with Gasteiger partial charge in [-0.15, -0.1) is 0 Å². The molecule has 0 saturated carbocycles. The van der Waals surface area contributed by atoms with E-state index in [1.165, 1.54) is 36.4 Å². The molecule has 0 unspecified atom stereocenters. The molecule has 0 bridgehead atoms. The number of hydrogen-bond acceptors (Lipinski definition) is 7. The van der Waals surface area contributed by atoms with E-state index < -0.39 is 16.8 Å². The van der Waals surface area contributed by atoms with Gasteiger partial charge in [0.1, 0.15) is 11.6 Å². The number of nitrogens with zero attached hydrogens (tertiary/aromatic N) is 2. The van der Waals surface area contributed by atoms with Gasteiger partial charge in [0.25, 0.3) is 11.6 Å². The van der Waals surface area contributed by atoms with Crippen LogP contribution >= 0.6 is 0 Å². The van der Waals surface area contributed by atoms with E-state index in [2.05, 4.69) is 5.32 Å². The summed E-state index contributed by atoms with van der Waals surface area (Å²) < 4.78 is 11.1. The fraction of sp³-hybridized carbons (Fsp3) is 0.115. The second-order valence-corrected chi connectivity index (χ2v) is 7.32. The molecule has 0 fully saturated rings. The smallest absolute Gasteiger partial charge is 0.343 e. The van der Waals surface area contributed by atoms with Crippen molar-refractivity contribution >= 4 is 29.3 Å². The molecule has 3 rings (SSSR count). The monoisotopic (exact) mass is 471 g/mol. The van der Waals surface area contributed by atoms with Crippen molar-refractivity contribution in [2.75, 3.05) is 11.9 Å². The van der Waals surface area contributed by atoms with Gasteiger partial charge in [-0.1, -0.05) is 23.8 Å². The number of aryl methyl sites for hydroxylation is 1. The highest BCUT2D eigenvalue weighted by Crippen LogP contribution is 2.30. The molecule has 1 N–H and O–H groups in total. The van der Waals surface area contributed by atoms with Crippen molar-refractivity contribution in [3.05, 3.63) is 99.1 Å². The molecule has 3 aromatic carbocycles. The highest BCUT2D eigenvalue weighted by atomic mass is 16.6. The number of amides is 1. The van der Waals surface area contributed by atoms with Gasteiger partial charge in [-0.05, 0) is 61.9 Å². The molecule has 0 atom stereocenters. The first-order valence-corrected chi connectivity index (χ1v) is 10.5. The number of nitrogens with one attached hydrogen (secondary N) is 1. The zero-order valence-electron chi connectivity index (χ0n) is 19.0. The zero-order chi connectivity index (χ0) is 25.4. The van der Waals surface area contributed by atoms with Gasteiger partial charge < -0.3 is 14.8 Å². The first kappa shape index (κ1) is 24.7. The summed E-state index contributed by atoms with van der Waals surface area (Å²) in [6.07, 6.45) is 1.36. The van der Waals surface area contributed by atoms with E-state index in [4.69, 9.17) is 9.47 Å². The maximum absolute atomic E-state index is 12.5. The van der Waals surface area contributed by atoms with Crippen molar-refractivity contribution in [1.82, 2.24) is 0 Å². The van der Waals surface area contributed by atoms with Crippen molar-refractivity contribution in [2.24, 2.45) is 0 Å². The third-order valence-electron chi connectivity index (χ3n) is 4.77. The molecule has 9 heteroatoms. The van der Waals surface area contributed by atoms with E-state index in [1.807, 2.05) is 13.0 Å². The van der Waals surface area contributed by atoms with Gasteiger partial charge in [0.15, 0.2) is 11.5 Å². The van der Waals surface area contributed by atoms with E-state index in [0.29, 0.717) is 23.4 Å². The number of benzene rings is 3. The Morgan fingerprint density at radius 3 is 2.34 bits per heavy atom. The predicted molar refractivity (Wildman–Crippen MR) is 129 cm³/mol. The van der Waals surface area contributed by atoms with Crippen molar-refractivity contribution in [2.45, 2.75) is 13.8 Å². The second-order valence-electron chi connectivity index (χ2n) is 7.32. The van der Waals surface area contributed by atoms with Gasteiger partial charge >= 0.3 is 5.97 Å². The minimum absolute atomic E-state index is 0.120. The van der Waals surface area contributed by atoms with Crippen molar-refractivity contribution < 1.29 is 24.0 Å². The van der Waals surface area contributed by atoms with Crippen LogP contribution in [0.15, 0.2) is 72.3 Å². The Balaban J connectivity index is 1.80. The lowest BCUT2D eigenvalue weighted by atomic mass is 10.1. The van der Waals surface area contributed by atoms with Crippen LogP contribution in [0, 0.1) is 28.4 Å². The molecule has 0 saturated heterocycles. The molecule has 35 heavy (non-hydrogen) atoms. The van der Waals surface area contributed by atoms with Crippen molar-refractivity contribution in [1.29, 1.82) is 5.26 Å². The number of rotatable bonds is 8. The van der Waals surface area contributed by atoms with Gasteiger partial charge in [-0.2, -0.15) is 5.26 Å². The topological polar surface area (TPSA) is 132 Å². The summed E-state index contributed by atoms with van der Waals surface area (Å²) in [4.78, 5) is 35.2. The quantitative estimate of drug-likeness (QED) is 0.121. The van der Waals surface area contributed by atoms with Crippen LogP contribution in [0.2, 0.25) is 0 Å². The number of nitro groups is 1. The molecule has 9 nitrogen and oxygen atoms in total. The fourth-order valence-corrected chi connectivity index (χ4v) is 3.00. The predicted octanol–water partition coefficient (Wildman–Crippen LogP) is 5.07. The number of carbonyl (C=O) groups excluding carboxylic acids is 2. The van der Waals surface area contributed by atoms with E-state index in [1.54, 1.807) is 43.3 Å². The number of ether oxygens (including phenoxy) is 2. The number of hydrogen-bond donors (Lipinski definition) is 1. The molecule has 0 heterocycles. The zero-order valence-corrected chi connectivity index (χ0v) is 19.0. The molecule has 0 aliphatic carbocycles. The minimum Gasteiger partial charge on any atom is -0.490 e. The summed E-state index contributed by atoms with van der Waals surface area (Å²) in [6, 6.07) is 18.7. The SMILES string of the molecule is CCOc1cc(/C=C(/C#N)C(=O)Nc2ccc([N+](=O)[O-])cc2)ccc1OC(=O)c1ccc(C)cc1. The van der Waals surface area contributed by atoms with Crippen LogP contribution in [0.1, 0.15) is 28.4 Å². The van der Waals surface area contributed by atoms with E-state index >= 15 is 0 Å². The van der Waals surface area contributed by atoms with E-state index in [-0.39, 0.29) is 22.8 Å². The first-order chi connectivity index (χ1) is 16.8. The number of nitriles is 1. The summed E-state index contributed by atoms with van der Waals surface area (Å²) >= 11 is 0. The number of anilines is 1. The van der Waals surface area contributed by atoms with Crippen LogP contribution in [0.25, 0.3) is 6.08 Å². The first-order valence-electron chi connectivity index (χ1n) is 10.5. The standard InChI is InChI=1S/C26H21N3O6/c1-3-34-24-15-18(6-13-23(24)35-26(31)19-7-4-17(2)5-8-19)14-20(16-27)25(30)28-21-9-11-22(12-10-21)29(32)33/h4-15H,3H2,1-2H3,(H,28,30)/b20-14-.